The van der Waals surface area contributed by atoms with Crippen LogP contribution in [0.3, 0.4) is 0 Å². The average molecular weight is 270 g/mol. The van der Waals surface area contributed by atoms with Crippen molar-refractivity contribution >= 4 is 17.0 Å². The highest BCUT2D eigenvalue weighted by Gasteiger charge is 2.04. The Morgan fingerprint density at radius 1 is 1.21 bits per heavy atom. The van der Waals surface area contributed by atoms with Crippen molar-refractivity contribution in [3.8, 4) is 11.1 Å². The van der Waals surface area contributed by atoms with Crippen LogP contribution in [0.4, 0.5) is 5.69 Å². The number of hydrogen-bond acceptors (Lipinski definition) is 4. The zero-order valence-electron chi connectivity index (χ0n) is 10.6. The van der Waals surface area contributed by atoms with E-state index >= 15 is 0 Å². The van der Waals surface area contributed by atoms with Gasteiger partial charge < -0.3 is 5.73 Å². The summed E-state index contributed by atoms with van der Waals surface area (Å²) in [4.78, 5) is 4.44. The lowest BCUT2D eigenvalue weighted by molar-refractivity contribution is 0.682. The number of nitrogens with zero attached hydrogens (tertiary/aromatic N) is 3. The van der Waals surface area contributed by atoms with E-state index in [1.165, 1.54) is 0 Å². The van der Waals surface area contributed by atoms with Crippen molar-refractivity contribution in [2.45, 2.75) is 13.5 Å². The third-order valence-corrected chi connectivity index (χ3v) is 3.79. The normalized spacial score (nSPS) is 10.8. The van der Waals surface area contributed by atoms with Crippen LogP contribution in [0.2, 0.25) is 0 Å². The van der Waals surface area contributed by atoms with E-state index < -0.39 is 0 Å². The molecular formula is C14H14N4S. The van der Waals surface area contributed by atoms with Crippen molar-refractivity contribution in [2.24, 2.45) is 0 Å². The molecule has 0 saturated heterocycles. The summed E-state index contributed by atoms with van der Waals surface area (Å²) in [6.45, 7) is 2.72. The molecule has 0 bridgehead atoms. The van der Waals surface area contributed by atoms with Gasteiger partial charge in [-0.25, -0.2) is 4.98 Å². The molecule has 0 atom stereocenters. The van der Waals surface area contributed by atoms with E-state index in [1.807, 2.05) is 48.3 Å². The summed E-state index contributed by atoms with van der Waals surface area (Å²) in [5.41, 5.74) is 9.73. The highest BCUT2D eigenvalue weighted by atomic mass is 32.1. The van der Waals surface area contributed by atoms with E-state index in [4.69, 9.17) is 5.73 Å². The molecule has 0 aliphatic carbocycles. The van der Waals surface area contributed by atoms with Gasteiger partial charge in [-0.15, -0.1) is 11.3 Å². The van der Waals surface area contributed by atoms with Crippen LogP contribution < -0.4 is 5.73 Å². The summed E-state index contributed by atoms with van der Waals surface area (Å²) in [6.07, 6.45) is 3.90. The molecule has 19 heavy (non-hydrogen) atoms. The van der Waals surface area contributed by atoms with Crippen molar-refractivity contribution in [1.29, 1.82) is 0 Å². The summed E-state index contributed by atoms with van der Waals surface area (Å²) < 4.78 is 1.91. The maximum atomic E-state index is 5.69. The summed E-state index contributed by atoms with van der Waals surface area (Å²) in [6, 6.07) is 7.81. The van der Waals surface area contributed by atoms with Crippen LogP contribution in [0.5, 0.6) is 0 Å². The Bertz CT molecular complexity index is 682. The molecule has 4 nitrogen and oxygen atoms in total. The minimum Gasteiger partial charge on any atom is -0.399 e. The highest BCUT2D eigenvalue weighted by Crippen LogP contribution is 2.20. The first-order valence-corrected chi connectivity index (χ1v) is 6.88. The molecule has 1 aromatic carbocycles. The van der Waals surface area contributed by atoms with Gasteiger partial charge in [-0.2, -0.15) is 5.10 Å². The van der Waals surface area contributed by atoms with Crippen LogP contribution >= 0.6 is 11.3 Å². The number of benzene rings is 1. The fraction of sp³-hybridized carbons (Fsp3) is 0.143. The van der Waals surface area contributed by atoms with Gasteiger partial charge in [0.1, 0.15) is 5.01 Å². The van der Waals surface area contributed by atoms with Crippen molar-refractivity contribution in [1.82, 2.24) is 14.8 Å². The van der Waals surface area contributed by atoms with Gasteiger partial charge in [-0.3, -0.25) is 4.68 Å². The zero-order chi connectivity index (χ0) is 13.2. The van der Waals surface area contributed by atoms with Gasteiger partial charge in [0.25, 0.3) is 0 Å². The molecule has 0 aliphatic rings. The Hall–Kier alpha value is -2.14. The number of nitrogens with two attached hydrogens (primary N) is 1. The second-order valence-corrected chi connectivity index (χ2v) is 5.37. The Kier molecular flexibility index (Phi) is 3.05. The van der Waals surface area contributed by atoms with Gasteiger partial charge in [0.2, 0.25) is 0 Å². The van der Waals surface area contributed by atoms with Crippen LogP contribution in [-0.4, -0.2) is 14.8 Å². The van der Waals surface area contributed by atoms with Crippen LogP contribution in [0, 0.1) is 6.92 Å². The molecule has 0 saturated carbocycles. The summed E-state index contributed by atoms with van der Waals surface area (Å²) >= 11 is 1.66. The molecule has 0 radical (unpaired) electrons. The van der Waals surface area contributed by atoms with Gasteiger partial charge >= 0.3 is 0 Å². The molecule has 3 aromatic rings. The van der Waals surface area contributed by atoms with Crippen LogP contribution in [0.15, 0.2) is 42.0 Å². The Labute approximate surface area is 115 Å². The van der Waals surface area contributed by atoms with Crippen molar-refractivity contribution in [3.63, 3.8) is 0 Å². The third-order valence-electron chi connectivity index (χ3n) is 2.84. The van der Waals surface area contributed by atoms with Gasteiger partial charge in [-0.1, -0.05) is 12.1 Å². The molecule has 0 aliphatic heterocycles. The molecule has 2 aromatic heterocycles. The zero-order valence-corrected chi connectivity index (χ0v) is 11.4. The quantitative estimate of drug-likeness (QED) is 0.744. The van der Waals surface area contributed by atoms with Crippen LogP contribution in [0.25, 0.3) is 11.1 Å². The van der Waals surface area contributed by atoms with E-state index in [9.17, 15) is 0 Å². The maximum absolute atomic E-state index is 5.69. The smallest absolute Gasteiger partial charge is 0.114 e. The first-order valence-electron chi connectivity index (χ1n) is 6.00. The molecule has 3 rings (SSSR count). The predicted octanol–water partition coefficient (Wildman–Crippen LogP) is 2.95. The minimum atomic E-state index is 0.716. The van der Waals surface area contributed by atoms with Crippen molar-refractivity contribution < 1.29 is 0 Å². The molecule has 0 fully saturated rings. The van der Waals surface area contributed by atoms with Gasteiger partial charge in [0.05, 0.1) is 12.7 Å². The average Bonchev–Trinajstić information content (AvgIpc) is 3.00. The number of thiazole rings is 1. The predicted molar refractivity (Wildman–Crippen MR) is 78.0 cm³/mol. The second-order valence-electron chi connectivity index (χ2n) is 4.43. The second kappa shape index (κ2) is 4.85. The van der Waals surface area contributed by atoms with Crippen molar-refractivity contribution in [2.75, 3.05) is 5.73 Å². The lowest BCUT2D eigenvalue weighted by Crippen LogP contribution is -1.99. The summed E-state index contributed by atoms with van der Waals surface area (Å²) in [5.74, 6) is 0. The number of aryl methyl sites for hydroxylation is 1. The topological polar surface area (TPSA) is 56.7 Å². The van der Waals surface area contributed by atoms with E-state index in [0.29, 0.717) is 6.54 Å². The monoisotopic (exact) mass is 270 g/mol. The van der Waals surface area contributed by atoms with E-state index in [-0.39, 0.29) is 0 Å². The first-order chi connectivity index (χ1) is 9.20. The third kappa shape index (κ3) is 2.66. The standard InChI is InChI=1S/C14H14N4S/c1-10-9-19-14(17-10)8-18-7-12(6-16-18)11-2-4-13(15)5-3-11/h2-7,9H,8,15H2,1H3. The van der Waals surface area contributed by atoms with Gasteiger partial charge in [0, 0.05) is 28.5 Å². The summed E-state index contributed by atoms with van der Waals surface area (Å²) in [5, 5.41) is 7.50. The lowest BCUT2D eigenvalue weighted by Gasteiger charge is -1.98. The van der Waals surface area contributed by atoms with Crippen molar-refractivity contribution in [3.05, 3.63) is 52.7 Å². The largest absolute Gasteiger partial charge is 0.399 e. The number of rotatable bonds is 3. The SMILES string of the molecule is Cc1csc(Cn2cc(-c3ccc(N)cc3)cn2)n1. The fourth-order valence-corrected chi connectivity index (χ4v) is 2.65. The molecule has 96 valence electrons. The number of anilines is 1. The molecule has 2 heterocycles. The number of hydrogen-bond donors (Lipinski definition) is 1. The Balaban J connectivity index is 1.81. The molecule has 0 amide bonds. The number of aromatic nitrogens is 3. The molecule has 0 spiro atoms. The fourth-order valence-electron chi connectivity index (χ4n) is 1.89. The van der Waals surface area contributed by atoms with Crippen LogP contribution in [-0.2, 0) is 6.54 Å². The first kappa shape index (κ1) is 11.9. The van der Waals surface area contributed by atoms with E-state index in [0.717, 1.165) is 27.5 Å². The highest BCUT2D eigenvalue weighted by molar-refractivity contribution is 7.09. The Morgan fingerprint density at radius 3 is 2.68 bits per heavy atom. The molecular weight excluding hydrogens is 256 g/mol. The molecule has 0 unspecified atom stereocenters. The number of nitrogen functional groups attached to an aromatic ring is 1. The van der Waals surface area contributed by atoms with Gasteiger partial charge in [0.15, 0.2) is 0 Å². The Morgan fingerprint density at radius 2 is 2.00 bits per heavy atom. The summed E-state index contributed by atoms with van der Waals surface area (Å²) in [7, 11) is 0. The molecule has 2 N–H and O–H groups in total. The van der Waals surface area contributed by atoms with E-state index in [1.54, 1.807) is 11.3 Å². The molecule has 5 heteroatoms. The maximum Gasteiger partial charge on any atom is 0.114 e. The van der Waals surface area contributed by atoms with Gasteiger partial charge in [-0.05, 0) is 24.6 Å². The lowest BCUT2D eigenvalue weighted by atomic mass is 10.1. The van der Waals surface area contributed by atoms with Crippen LogP contribution in [0.1, 0.15) is 10.7 Å². The van der Waals surface area contributed by atoms with E-state index in [2.05, 4.69) is 15.5 Å². The minimum absolute atomic E-state index is 0.716.